The Hall–Kier alpha value is -2.13. The number of hydrogen-bond donors (Lipinski definition) is 0. The zero-order valence-electron chi connectivity index (χ0n) is 14.5. The van der Waals surface area contributed by atoms with Gasteiger partial charge in [0.05, 0.1) is 19.5 Å². The smallest absolute Gasteiger partial charge is 0.167 e. The van der Waals surface area contributed by atoms with E-state index >= 15 is 0 Å². The van der Waals surface area contributed by atoms with Gasteiger partial charge in [-0.3, -0.25) is 4.90 Å². The molecule has 1 aliphatic rings. The molecule has 134 valence electrons. The second kappa shape index (κ2) is 7.63. The molecule has 2 aromatic carbocycles. The lowest BCUT2D eigenvalue weighted by molar-refractivity contribution is 0.0277. The van der Waals surface area contributed by atoms with Crippen LogP contribution in [0.4, 0.5) is 0 Å². The first-order valence-electron chi connectivity index (χ1n) is 8.86. The Kier molecular flexibility index (Phi) is 5.07. The lowest BCUT2D eigenvalue weighted by Gasteiger charge is -2.38. The number of rotatable bonds is 5. The SMILES string of the molecule is O=P(c1ccccc1)(c1ccccc1)[C@H](c1ccco1)N1CCOCC1. The summed E-state index contributed by atoms with van der Waals surface area (Å²) >= 11 is 0. The van der Waals surface area contributed by atoms with Crippen molar-refractivity contribution < 1.29 is 13.7 Å². The maximum Gasteiger partial charge on any atom is 0.167 e. The van der Waals surface area contributed by atoms with Gasteiger partial charge >= 0.3 is 0 Å². The molecule has 0 unspecified atom stereocenters. The first kappa shape index (κ1) is 17.3. The minimum absolute atomic E-state index is 0.341. The topological polar surface area (TPSA) is 42.7 Å². The van der Waals surface area contributed by atoms with Crippen molar-refractivity contribution in [1.82, 2.24) is 4.90 Å². The average molecular weight is 367 g/mol. The molecular formula is C21H22NO3P. The zero-order valence-corrected chi connectivity index (χ0v) is 15.4. The molecule has 0 spiro atoms. The van der Waals surface area contributed by atoms with Gasteiger partial charge in [0.15, 0.2) is 7.14 Å². The molecule has 0 saturated carbocycles. The molecule has 26 heavy (non-hydrogen) atoms. The van der Waals surface area contributed by atoms with Gasteiger partial charge in [0.1, 0.15) is 11.5 Å². The summed E-state index contributed by atoms with van der Waals surface area (Å²) < 4.78 is 26.1. The monoisotopic (exact) mass is 367 g/mol. The summed E-state index contributed by atoms with van der Waals surface area (Å²) in [5, 5.41) is 1.69. The molecule has 0 amide bonds. The maximum atomic E-state index is 14.8. The van der Waals surface area contributed by atoms with Gasteiger partial charge in [0.25, 0.3) is 0 Å². The predicted molar refractivity (Wildman–Crippen MR) is 104 cm³/mol. The summed E-state index contributed by atoms with van der Waals surface area (Å²) in [7, 11) is -3.01. The van der Waals surface area contributed by atoms with E-state index in [2.05, 4.69) is 4.90 Å². The maximum absolute atomic E-state index is 14.8. The van der Waals surface area contributed by atoms with Crippen LogP contribution in [-0.2, 0) is 9.30 Å². The fourth-order valence-corrected chi connectivity index (χ4v) is 6.87. The Morgan fingerprint density at radius 1 is 0.808 bits per heavy atom. The summed E-state index contributed by atoms with van der Waals surface area (Å²) in [6.07, 6.45) is 1.66. The van der Waals surface area contributed by atoms with Crippen LogP contribution >= 0.6 is 7.14 Å². The van der Waals surface area contributed by atoms with Crippen LogP contribution in [0.3, 0.4) is 0 Å². The van der Waals surface area contributed by atoms with Crippen molar-refractivity contribution in [2.24, 2.45) is 0 Å². The lowest BCUT2D eigenvalue weighted by atomic mass is 10.3. The zero-order chi connectivity index (χ0) is 17.8. The summed E-state index contributed by atoms with van der Waals surface area (Å²) in [6, 6.07) is 23.3. The minimum atomic E-state index is -3.01. The van der Waals surface area contributed by atoms with Crippen LogP contribution < -0.4 is 10.6 Å². The highest BCUT2D eigenvalue weighted by atomic mass is 31.2. The lowest BCUT2D eigenvalue weighted by Crippen LogP contribution is -2.41. The second-order valence-electron chi connectivity index (χ2n) is 6.37. The van der Waals surface area contributed by atoms with Crippen LogP contribution in [0.15, 0.2) is 83.5 Å². The van der Waals surface area contributed by atoms with Gasteiger partial charge in [0, 0.05) is 23.7 Å². The third kappa shape index (κ3) is 3.16. The van der Waals surface area contributed by atoms with Gasteiger partial charge in [-0.2, -0.15) is 0 Å². The summed E-state index contributed by atoms with van der Waals surface area (Å²) in [5.41, 5.74) is 0. The van der Waals surface area contributed by atoms with E-state index < -0.39 is 7.14 Å². The fraction of sp³-hybridized carbons (Fsp3) is 0.238. The van der Waals surface area contributed by atoms with E-state index in [0.29, 0.717) is 13.2 Å². The molecule has 0 N–H and O–H groups in total. The van der Waals surface area contributed by atoms with Crippen molar-refractivity contribution in [2.45, 2.75) is 5.78 Å². The molecule has 0 aliphatic carbocycles. The van der Waals surface area contributed by atoms with Crippen molar-refractivity contribution in [1.29, 1.82) is 0 Å². The molecule has 5 heteroatoms. The Labute approximate surface area is 153 Å². The number of hydrogen-bond acceptors (Lipinski definition) is 4. The molecule has 3 aromatic rings. The molecule has 1 saturated heterocycles. The van der Waals surface area contributed by atoms with Crippen LogP contribution in [0.1, 0.15) is 11.5 Å². The van der Waals surface area contributed by atoms with Crippen molar-refractivity contribution in [2.75, 3.05) is 26.3 Å². The standard InChI is InChI=1S/C21H22NO3P/c23-26(18-8-3-1-4-9-18,19-10-5-2-6-11-19)21(20-12-7-15-25-20)22-13-16-24-17-14-22/h1-12,15,21H,13-14,16-17H2/t21-/m1/s1. The molecule has 1 atom stereocenters. The molecule has 0 radical (unpaired) electrons. The number of ether oxygens (including phenoxy) is 1. The Morgan fingerprint density at radius 3 is 1.88 bits per heavy atom. The second-order valence-corrected chi connectivity index (χ2v) is 9.20. The molecule has 1 aromatic heterocycles. The molecule has 4 rings (SSSR count). The van der Waals surface area contributed by atoms with E-state index in [9.17, 15) is 4.57 Å². The molecule has 4 nitrogen and oxygen atoms in total. The Bertz CT molecular complexity index is 815. The van der Waals surface area contributed by atoms with Crippen molar-refractivity contribution >= 4 is 17.8 Å². The first-order valence-corrected chi connectivity index (χ1v) is 10.6. The molecule has 2 heterocycles. The first-order chi connectivity index (χ1) is 12.8. The van der Waals surface area contributed by atoms with Gasteiger partial charge in [-0.05, 0) is 12.1 Å². The van der Waals surface area contributed by atoms with Crippen LogP contribution in [-0.4, -0.2) is 31.2 Å². The van der Waals surface area contributed by atoms with Gasteiger partial charge in [-0.15, -0.1) is 0 Å². The van der Waals surface area contributed by atoms with Crippen molar-refractivity contribution in [3.05, 3.63) is 84.8 Å². The largest absolute Gasteiger partial charge is 0.467 e. The van der Waals surface area contributed by atoms with Crippen LogP contribution in [0.25, 0.3) is 0 Å². The Morgan fingerprint density at radius 2 is 1.38 bits per heavy atom. The summed E-state index contributed by atoms with van der Waals surface area (Å²) in [5.74, 6) is 0.397. The molecule has 1 aliphatic heterocycles. The van der Waals surface area contributed by atoms with Crippen LogP contribution in [0.2, 0.25) is 0 Å². The summed E-state index contributed by atoms with van der Waals surface area (Å²) in [6.45, 7) is 2.74. The van der Waals surface area contributed by atoms with E-state index in [4.69, 9.17) is 9.15 Å². The van der Waals surface area contributed by atoms with E-state index in [0.717, 1.165) is 29.5 Å². The van der Waals surface area contributed by atoms with Crippen LogP contribution in [0.5, 0.6) is 0 Å². The summed E-state index contributed by atoms with van der Waals surface area (Å²) in [4.78, 5) is 2.24. The van der Waals surface area contributed by atoms with Gasteiger partial charge in [0.2, 0.25) is 0 Å². The average Bonchev–Trinajstić information content (AvgIpc) is 3.24. The minimum Gasteiger partial charge on any atom is -0.467 e. The highest BCUT2D eigenvalue weighted by molar-refractivity contribution is 7.78. The Balaban J connectivity index is 1.91. The highest BCUT2D eigenvalue weighted by Gasteiger charge is 2.43. The highest BCUT2D eigenvalue weighted by Crippen LogP contribution is 2.58. The third-order valence-electron chi connectivity index (χ3n) is 4.81. The number of furan rings is 1. The van der Waals surface area contributed by atoms with Crippen LogP contribution in [0, 0.1) is 0 Å². The van der Waals surface area contributed by atoms with Crippen molar-refractivity contribution in [3.63, 3.8) is 0 Å². The number of morpholine rings is 1. The quantitative estimate of drug-likeness (QED) is 0.646. The molecule has 1 fully saturated rings. The number of nitrogens with zero attached hydrogens (tertiary/aromatic N) is 1. The van der Waals surface area contributed by atoms with Gasteiger partial charge < -0.3 is 13.7 Å². The van der Waals surface area contributed by atoms with Gasteiger partial charge in [-0.25, -0.2) is 0 Å². The van der Waals surface area contributed by atoms with E-state index in [1.165, 1.54) is 0 Å². The normalized spacial score (nSPS) is 17.1. The predicted octanol–water partition coefficient (Wildman–Crippen LogP) is 3.62. The van der Waals surface area contributed by atoms with Gasteiger partial charge in [-0.1, -0.05) is 60.7 Å². The van der Waals surface area contributed by atoms with E-state index in [1.54, 1.807) is 6.26 Å². The fourth-order valence-electron chi connectivity index (χ4n) is 3.58. The number of benzene rings is 2. The third-order valence-corrected chi connectivity index (χ3v) is 8.21. The van der Waals surface area contributed by atoms with E-state index in [-0.39, 0.29) is 5.78 Å². The molecular weight excluding hydrogens is 345 g/mol. The molecule has 0 bridgehead atoms. The van der Waals surface area contributed by atoms with E-state index in [1.807, 2.05) is 72.8 Å². The van der Waals surface area contributed by atoms with Crippen molar-refractivity contribution in [3.8, 4) is 0 Å².